The highest BCUT2D eigenvalue weighted by molar-refractivity contribution is 5.77. The Morgan fingerprint density at radius 3 is 2.74 bits per heavy atom. The zero-order chi connectivity index (χ0) is 21.8. The second kappa shape index (κ2) is 9.20. The standard InChI is InChI=1S/C24H26FN5O/c1-16(2)13-23(31)30-12-4-7-21(30)24-28-20(17-8-10-26-11-9-17)15-22(29-24)27-19-6-3-5-18(25)14-19/h3,5-6,8-11,14-16,21H,4,7,12-13H2,1-2H3,(H,27,28,29)/t21-/m1/s1. The molecule has 0 bridgehead atoms. The smallest absolute Gasteiger partial charge is 0.223 e. The van der Waals surface area contributed by atoms with Crippen LogP contribution < -0.4 is 5.32 Å². The lowest BCUT2D eigenvalue weighted by molar-refractivity contribution is -0.133. The van der Waals surface area contributed by atoms with E-state index in [0.29, 0.717) is 36.2 Å². The average Bonchev–Trinajstić information content (AvgIpc) is 3.24. The summed E-state index contributed by atoms with van der Waals surface area (Å²) in [7, 11) is 0. The Hall–Kier alpha value is -3.35. The first-order valence-electron chi connectivity index (χ1n) is 10.6. The van der Waals surface area contributed by atoms with Crippen molar-refractivity contribution in [1.82, 2.24) is 19.9 Å². The maximum absolute atomic E-state index is 13.7. The second-order valence-electron chi connectivity index (χ2n) is 8.21. The molecule has 1 aliphatic heterocycles. The van der Waals surface area contributed by atoms with Crippen molar-refractivity contribution < 1.29 is 9.18 Å². The first kappa shape index (κ1) is 20.9. The van der Waals surface area contributed by atoms with Gasteiger partial charge in [0.25, 0.3) is 0 Å². The van der Waals surface area contributed by atoms with Gasteiger partial charge in [-0.05, 0) is 49.1 Å². The van der Waals surface area contributed by atoms with Gasteiger partial charge in [-0.15, -0.1) is 0 Å². The zero-order valence-electron chi connectivity index (χ0n) is 17.8. The highest BCUT2D eigenvalue weighted by Crippen LogP contribution is 2.33. The fraction of sp³-hybridized carbons (Fsp3) is 0.333. The van der Waals surface area contributed by atoms with Crippen molar-refractivity contribution in [3.05, 3.63) is 66.5 Å². The van der Waals surface area contributed by atoms with Crippen molar-refractivity contribution in [2.45, 2.75) is 39.2 Å². The van der Waals surface area contributed by atoms with Crippen molar-refractivity contribution >= 4 is 17.4 Å². The highest BCUT2D eigenvalue weighted by Gasteiger charge is 2.32. The second-order valence-corrected chi connectivity index (χ2v) is 8.21. The summed E-state index contributed by atoms with van der Waals surface area (Å²) in [6.45, 7) is 4.81. The number of hydrogen-bond donors (Lipinski definition) is 1. The molecule has 7 heteroatoms. The first-order valence-corrected chi connectivity index (χ1v) is 10.6. The van der Waals surface area contributed by atoms with Crippen molar-refractivity contribution in [3.8, 4) is 11.3 Å². The molecule has 6 nitrogen and oxygen atoms in total. The van der Waals surface area contributed by atoms with E-state index < -0.39 is 0 Å². The summed E-state index contributed by atoms with van der Waals surface area (Å²) in [6, 6.07) is 11.7. The Kier molecular flexibility index (Phi) is 6.21. The Labute approximate surface area is 181 Å². The van der Waals surface area contributed by atoms with Crippen LogP contribution in [0.25, 0.3) is 11.3 Å². The maximum Gasteiger partial charge on any atom is 0.223 e. The van der Waals surface area contributed by atoms with Crippen LogP contribution in [-0.4, -0.2) is 32.3 Å². The average molecular weight is 420 g/mol. The van der Waals surface area contributed by atoms with E-state index in [1.54, 1.807) is 24.5 Å². The minimum Gasteiger partial charge on any atom is -0.340 e. The molecular formula is C24H26FN5O. The molecule has 1 aromatic carbocycles. The quantitative estimate of drug-likeness (QED) is 0.600. The maximum atomic E-state index is 13.7. The molecule has 3 heterocycles. The van der Waals surface area contributed by atoms with Crippen LogP contribution in [0, 0.1) is 11.7 Å². The molecule has 0 aliphatic carbocycles. The predicted molar refractivity (Wildman–Crippen MR) is 118 cm³/mol. The van der Waals surface area contributed by atoms with Gasteiger partial charge in [0.1, 0.15) is 11.6 Å². The van der Waals surface area contributed by atoms with Gasteiger partial charge < -0.3 is 10.2 Å². The predicted octanol–water partition coefficient (Wildman–Crippen LogP) is 5.13. The number of carbonyl (C=O) groups excluding carboxylic acids is 1. The summed E-state index contributed by atoms with van der Waals surface area (Å²) < 4.78 is 13.7. The molecular weight excluding hydrogens is 393 g/mol. The summed E-state index contributed by atoms with van der Waals surface area (Å²) in [5.74, 6) is 1.27. The van der Waals surface area contributed by atoms with Gasteiger partial charge >= 0.3 is 0 Å². The number of likely N-dealkylation sites (tertiary alicyclic amines) is 1. The van der Waals surface area contributed by atoms with E-state index >= 15 is 0 Å². The molecule has 160 valence electrons. The molecule has 4 rings (SSSR count). The fourth-order valence-electron chi connectivity index (χ4n) is 3.86. The molecule has 2 aromatic heterocycles. The van der Waals surface area contributed by atoms with Crippen molar-refractivity contribution in [2.24, 2.45) is 5.92 Å². The number of benzene rings is 1. The SMILES string of the molecule is CC(C)CC(=O)N1CCC[C@@H]1c1nc(Nc2cccc(F)c2)cc(-c2ccncc2)n1. The minimum atomic E-state index is -0.324. The molecule has 0 saturated carbocycles. The molecule has 1 amide bonds. The molecule has 1 atom stereocenters. The Morgan fingerprint density at radius 1 is 1.19 bits per heavy atom. The van der Waals surface area contributed by atoms with Crippen LogP contribution in [0.5, 0.6) is 0 Å². The third kappa shape index (κ3) is 5.05. The normalized spacial score (nSPS) is 16.0. The fourth-order valence-corrected chi connectivity index (χ4v) is 3.86. The molecule has 1 saturated heterocycles. The van der Waals surface area contributed by atoms with E-state index in [9.17, 15) is 9.18 Å². The number of carbonyl (C=O) groups is 1. The van der Waals surface area contributed by atoms with E-state index in [1.165, 1.54) is 12.1 Å². The summed E-state index contributed by atoms with van der Waals surface area (Å²) in [5.41, 5.74) is 2.23. The van der Waals surface area contributed by atoms with Gasteiger partial charge in [0, 0.05) is 42.7 Å². The van der Waals surface area contributed by atoms with Crippen LogP contribution in [0.1, 0.15) is 45.0 Å². The summed E-state index contributed by atoms with van der Waals surface area (Å²) >= 11 is 0. The monoisotopic (exact) mass is 419 g/mol. The zero-order valence-corrected chi connectivity index (χ0v) is 17.8. The van der Waals surface area contributed by atoms with E-state index in [-0.39, 0.29) is 17.8 Å². The van der Waals surface area contributed by atoms with Crippen LogP contribution in [-0.2, 0) is 4.79 Å². The van der Waals surface area contributed by atoms with Crippen molar-refractivity contribution in [1.29, 1.82) is 0 Å². The summed E-state index contributed by atoms with van der Waals surface area (Å²) in [4.78, 5) is 28.3. The number of rotatable bonds is 6. The van der Waals surface area contributed by atoms with Crippen LogP contribution in [0.4, 0.5) is 15.9 Å². The van der Waals surface area contributed by atoms with Crippen LogP contribution in [0.3, 0.4) is 0 Å². The summed E-state index contributed by atoms with van der Waals surface area (Å²) in [6.07, 6.45) is 5.68. The lowest BCUT2D eigenvalue weighted by Gasteiger charge is -2.25. The van der Waals surface area contributed by atoms with Gasteiger partial charge in [-0.2, -0.15) is 0 Å². The molecule has 3 aromatic rings. The molecule has 0 radical (unpaired) electrons. The molecule has 0 spiro atoms. The Balaban J connectivity index is 1.71. The largest absolute Gasteiger partial charge is 0.340 e. The minimum absolute atomic E-state index is 0.134. The number of pyridine rings is 1. The van der Waals surface area contributed by atoms with Crippen molar-refractivity contribution in [2.75, 3.05) is 11.9 Å². The topological polar surface area (TPSA) is 71.0 Å². The van der Waals surface area contributed by atoms with Gasteiger partial charge in [0.2, 0.25) is 5.91 Å². The van der Waals surface area contributed by atoms with Crippen LogP contribution in [0.15, 0.2) is 54.9 Å². The number of hydrogen-bond acceptors (Lipinski definition) is 5. The lowest BCUT2D eigenvalue weighted by Crippen LogP contribution is -2.32. The number of anilines is 2. The van der Waals surface area contributed by atoms with Gasteiger partial charge in [-0.3, -0.25) is 9.78 Å². The Bertz CT molecular complexity index is 1060. The van der Waals surface area contributed by atoms with E-state index in [4.69, 9.17) is 9.97 Å². The number of halogens is 1. The van der Waals surface area contributed by atoms with Gasteiger partial charge in [-0.1, -0.05) is 19.9 Å². The van der Waals surface area contributed by atoms with E-state index in [0.717, 1.165) is 24.1 Å². The number of nitrogens with one attached hydrogen (secondary N) is 1. The lowest BCUT2D eigenvalue weighted by atomic mass is 10.1. The number of amides is 1. The van der Waals surface area contributed by atoms with Gasteiger partial charge in [-0.25, -0.2) is 14.4 Å². The van der Waals surface area contributed by atoms with Crippen LogP contribution in [0.2, 0.25) is 0 Å². The number of nitrogens with zero attached hydrogens (tertiary/aromatic N) is 4. The molecule has 1 fully saturated rings. The molecule has 1 N–H and O–H groups in total. The molecule has 31 heavy (non-hydrogen) atoms. The third-order valence-corrected chi connectivity index (χ3v) is 5.27. The van der Waals surface area contributed by atoms with Gasteiger partial charge in [0.05, 0.1) is 11.7 Å². The highest BCUT2D eigenvalue weighted by atomic mass is 19.1. The van der Waals surface area contributed by atoms with Crippen molar-refractivity contribution in [3.63, 3.8) is 0 Å². The van der Waals surface area contributed by atoms with E-state index in [2.05, 4.69) is 10.3 Å². The number of aromatic nitrogens is 3. The van der Waals surface area contributed by atoms with Gasteiger partial charge in [0.15, 0.2) is 5.82 Å². The Morgan fingerprint density at radius 2 is 2.00 bits per heavy atom. The first-order chi connectivity index (χ1) is 15.0. The third-order valence-electron chi connectivity index (χ3n) is 5.27. The van der Waals surface area contributed by atoms with E-state index in [1.807, 2.05) is 36.9 Å². The van der Waals surface area contributed by atoms with Crippen LogP contribution >= 0.6 is 0 Å². The molecule has 0 unspecified atom stereocenters. The summed E-state index contributed by atoms with van der Waals surface area (Å²) in [5, 5.41) is 3.18. The molecule has 1 aliphatic rings.